The highest BCUT2D eigenvalue weighted by Crippen LogP contribution is 2.23. The highest BCUT2D eigenvalue weighted by atomic mass is 16.5. The minimum atomic E-state index is 0.384. The van der Waals surface area contributed by atoms with Crippen LogP contribution in [0, 0.1) is 5.92 Å². The number of anilines is 2. The highest BCUT2D eigenvalue weighted by Gasteiger charge is 2.19. The first-order valence-electron chi connectivity index (χ1n) is 8.05. The summed E-state index contributed by atoms with van der Waals surface area (Å²) in [5.74, 6) is 2.17. The maximum absolute atomic E-state index is 5.21. The molecule has 0 saturated carbocycles. The summed E-state index contributed by atoms with van der Waals surface area (Å²) in [5.41, 5.74) is 0. The van der Waals surface area contributed by atoms with Gasteiger partial charge in [0.1, 0.15) is 0 Å². The normalized spacial score (nSPS) is 19.2. The zero-order chi connectivity index (χ0) is 15.1. The van der Waals surface area contributed by atoms with Crippen LogP contribution < -0.4 is 15.0 Å². The Morgan fingerprint density at radius 3 is 2.76 bits per heavy atom. The van der Waals surface area contributed by atoms with E-state index in [-0.39, 0.29) is 0 Å². The number of aromatic nitrogens is 3. The lowest BCUT2D eigenvalue weighted by Crippen LogP contribution is -2.27. The standard InChI is InChI=1S/C15H27N5O/c1-4-9-16-13-17-14(19-15(18-13)21-3)20-10-6-7-12(5-2)8-11-20/h12H,4-11H2,1-3H3,(H,16,17,18,19). The van der Waals surface area contributed by atoms with E-state index in [1.54, 1.807) is 7.11 Å². The van der Waals surface area contributed by atoms with Gasteiger partial charge in [0.25, 0.3) is 0 Å². The van der Waals surface area contributed by atoms with Crippen LogP contribution in [0.3, 0.4) is 0 Å². The molecule has 0 aromatic carbocycles. The van der Waals surface area contributed by atoms with Gasteiger partial charge in [-0.2, -0.15) is 15.0 Å². The molecule has 118 valence electrons. The van der Waals surface area contributed by atoms with Crippen LogP contribution in [0.2, 0.25) is 0 Å². The molecule has 1 aromatic rings. The van der Waals surface area contributed by atoms with E-state index >= 15 is 0 Å². The van der Waals surface area contributed by atoms with Gasteiger partial charge >= 0.3 is 6.01 Å². The van der Waals surface area contributed by atoms with Crippen LogP contribution in [-0.2, 0) is 0 Å². The number of nitrogens with one attached hydrogen (secondary N) is 1. The summed E-state index contributed by atoms with van der Waals surface area (Å²) >= 11 is 0. The molecular weight excluding hydrogens is 266 g/mol. The zero-order valence-electron chi connectivity index (χ0n) is 13.4. The first-order valence-corrected chi connectivity index (χ1v) is 8.05. The predicted octanol–water partition coefficient (Wildman–Crippen LogP) is 2.72. The molecule has 2 rings (SSSR count). The molecule has 1 saturated heterocycles. The fraction of sp³-hybridized carbons (Fsp3) is 0.800. The molecule has 1 aliphatic rings. The van der Waals surface area contributed by atoms with Crippen molar-refractivity contribution in [3.8, 4) is 6.01 Å². The fourth-order valence-electron chi connectivity index (χ4n) is 2.67. The van der Waals surface area contributed by atoms with Crippen molar-refractivity contribution >= 4 is 11.9 Å². The first kappa shape index (κ1) is 15.8. The molecule has 1 unspecified atom stereocenters. The molecule has 0 spiro atoms. The van der Waals surface area contributed by atoms with Crippen LogP contribution in [0.4, 0.5) is 11.9 Å². The molecule has 1 atom stereocenters. The van der Waals surface area contributed by atoms with Gasteiger partial charge in [-0.25, -0.2) is 0 Å². The SMILES string of the molecule is CCCNc1nc(OC)nc(N2CCCC(CC)CC2)n1. The van der Waals surface area contributed by atoms with Gasteiger partial charge < -0.3 is 15.0 Å². The largest absolute Gasteiger partial charge is 0.467 e. The van der Waals surface area contributed by atoms with Gasteiger partial charge in [0.05, 0.1) is 7.11 Å². The van der Waals surface area contributed by atoms with Crippen molar-refractivity contribution in [3.63, 3.8) is 0 Å². The van der Waals surface area contributed by atoms with Gasteiger partial charge in [0.2, 0.25) is 11.9 Å². The van der Waals surface area contributed by atoms with Gasteiger partial charge in [-0.3, -0.25) is 0 Å². The maximum Gasteiger partial charge on any atom is 0.322 e. The average Bonchev–Trinajstić information content (AvgIpc) is 2.78. The molecule has 1 N–H and O–H groups in total. The lowest BCUT2D eigenvalue weighted by Gasteiger charge is -2.21. The Morgan fingerprint density at radius 1 is 1.19 bits per heavy atom. The van der Waals surface area contributed by atoms with E-state index in [9.17, 15) is 0 Å². The van der Waals surface area contributed by atoms with Gasteiger partial charge in [-0.05, 0) is 31.6 Å². The van der Waals surface area contributed by atoms with Crippen molar-refractivity contribution in [2.24, 2.45) is 5.92 Å². The molecule has 0 bridgehead atoms. The minimum Gasteiger partial charge on any atom is -0.467 e. The Kier molecular flexibility index (Phi) is 6.02. The van der Waals surface area contributed by atoms with Crippen LogP contribution in [0.1, 0.15) is 46.0 Å². The van der Waals surface area contributed by atoms with E-state index in [4.69, 9.17) is 4.74 Å². The second-order valence-corrected chi connectivity index (χ2v) is 5.56. The zero-order valence-corrected chi connectivity index (χ0v) is 13.4. The summed E-state index contributed by atoms with van der Waals surface area (Å²) in [6.07, 6.45) is 6.01. The highest BCUT2D eigenvalue weighted by molar-refractivity contribution is 5.38. The second-order valence-electron chi connectivity index (χ2n) is 5.56. The number of methoxy groups -OCH3 is 1. The Bertz CT molecular complexity index is 440. The van der Waals surface area contributed by atoms with Crippen molar-refractivity contribution in [1.29, 1.82) is 0 Å². The van der Waals surface area contributed by atoms with Gasteiger partial charge in [0, 0.05) is 19.6 Å². The van der Waals surface area contributed by atoms with E-state index in [0.29, 0.717) is 12.0 Å². The van der Waals surface area contributed by atoms with E-state index < -0.39 is 0 Å². The molecule has 6 heteroatoms. The molecule has 0 amide bonds. The van der Waals surface area contributed by atoms with Gasteiger partial charge in [0.15, 0.2) is 0 Å². The first-order chi connectivity index (χ1) is 10.3. The predicted molar refractivity (Wildman–Crippen MR) is 85.0 cm³/mol. The van der Waals surface area contributed by atoms with E-state index in [1.165, 1.54) is 25.7 Å². The maximum atomic E-state index is 5.21. The Morgan fingerprint density at radius 2 is 2.05 bits per heavy atom. The second kappa shape index (κ2) is 8.00. The number of hydrogen-bond donors (Lipinski definition) is 1. The Labute approximate surface area is 127 Å². The van der Waals surface area contributed by atoms with Crippen LogP contribution in [0.25, 0.3) is 0 Å². The lowest BCUT2D eigenvalue weighted by molar-refractivity contribution is 0.378. The number of rotatable bonds is 6. The van der Waals surface area contributed by atoms with Gasteiger partial charge in [-0.1, -0.05) is 20.3 Å². The van der Waals surface area contributed by atoms with E-state index in [0.717, 1.165) is 37.9 Å². The van der Waals surface area contributed by atoms with Crippen molar-refractivity contribution in [2.75, 3.05) is 37.0 Å². The molecule has 0 radical (unpaired) electrons. The van der Waals surface area contributed by atoms with Crippen molar-refractivity contribution in [3.05, 3.63) is 0 Å². The molecule has 2 heterocycles. The van der Waals surface area contributed by atoms with E-state index in [2.05, 4.69) is 39.0 Å². The molecule has 6 nitrogen and oxygen atoms in total. The third-order valence-electron chi connectivity index (χ3n) is 4.03. The average molecular weight is 293 g/mol. The Hall–Kier alpha value is -1.59. The molecule has 1 fully saturated rings. The third kappa shape index (κ3) is 4.44. The quantitative estimate of drug-likeness (QED) is 0.870. The summed E-state index contributed by atoms with van der Waals surface area (Å²) in [6.45, 7) is 7.27. The summed E-state index contributed by atoms with van der Waals surface area (Å²) < 4.78 is 5.21. The summed E-state index contributed by atoms with van der Waals surface area (Å²) in [6, 6.07) is 0.384. The Balaban J connectivity index is 2.13. The van der Waals surface area contributed by atoms with Crippen LogP contribution in [-0.4, -0.2) is 41.7 Å². The molecule has 1 aromatic heterocycles. The number of hydrogen-bond acceptors (Lipinski definition) is 6. The summed E-state index contributed by atoms with van der Waals surface area (Å²) in [7, 11) is 1.60. The smallest absolute Gasteiger partial charge is 0.322 e. The molecule has 21 heavy (non-hydrogen) atoms. The summed E-state index contributed by atoms with van der Waals surface area (Å²) in [5, 5.41) is 3.22. The molecular formula is C15H27N5O. The van der Waals surface area contributed by atoms with Crippen molar-refractivity contribution in [2.45, 2.75) is 46.0 Å². The van der Waals surface area contributed by atoms with Crippen molar-refractivity contribution < 1.29 is 4.74 Å². The van der Waals surface area contributed by atoms with Gasteiger partial charge in [-0.15, -0.1) is 0 Å². The monoisotopic (exact) mass is 293 g/mol. The van der Waals surface area contributed by atoms with E-state index in [1.807, 2.05) is 0 Å². The van der Waals surface area contributed by atoms with Crippen LogP contribution in [0.15, 0.2) is 0 Å². The molecule has 0 aliphatic carbocycles. The number of nitrogens with zero attached hydrogens (tertiary/aromatic N) is 4. The topological polar surface area (TPSA) is 63.2 Å². The van der Waals surface area contributed by atoms with Crippen molar-refractivity contribution in [1.82, 2.24) is 15.0 Å². The fourth-order valence-corrected chi connectivity index (χ4v) is 2.67. The third-order valence-corrected chi connectivity index (χ3v) is 4.03. The minimum absolute atomic E-state index is 0.384. The lowest BCUT2D eigenvalue weighted by atomic mass is 9.98. The molecule has 1 aliphatic heterocycles. The number of ether oxygens (including phenoxy) is 1. The van der Waals surface area contributed by atoms with Crippen LogP contribution in [0.5, 0.6) is 6.01 Å². The summed E-state index contributed by atoms with van der Waals surface area (Å²) in [4.78, 5) is 15.5. The van der Waals surface area contributed by atoms with Crippen LogP contribution >= 0.6 is 0 Å².